The Labute approximate surface area is 156 Å². The molecule has 27 heavy (non-hydrogen) atoms. The number of hydrogen-bond acceptors (Lipinski definition) is 4. The number of para-hydroxylation sites is 2. The molecule has 136 valence electrons. The number of ether oxygens (including phenoxy) is 1. The number of fused-ring (bicyclic) bond motifs is 3. The highest BCUT2D eigenvalue weighted by atomic mass is 16.5. The molecule has 0 spiro atoms. The number of rotatable bonds is 6. The van der Waals surface area contributed by atoms with Crippen LogP contribution < -0.4 is 4.74 Å². The summed E-state index contributed by atoms with van der Waals surface area (Å²) in [6.45, 7) is 2.08. The molecular formula is C22H20N2O3. The molecule has 1 N–H and O–H groups in total. The van der Waals surface area contributed by atoms with Crippen LogP contribution in [0.15, 0.2) is 66.9 Å². The fourth-order valence-corrected chi connectivity index (χ4v) is 3.31. The molecule has 0 bridgehead atoms. The number of aliphatic hydroxyl groups excluding tert-OH is 1. The summed E-state index contributed by atoms with van der Waals surface area (Å²) in [6, 6.07) is 19.2. The molecule has 2 aromatic heterocycles. The van der Waals surface area contributed by atoms with E-state index >= 15 is 0 Å². The first kappa shape index (κ1) is 17.2. The van der Waals surface area contributed by atoms with Crippen LogP contribution in [0.25, 0.3) is 21.8 Å². The number of aromatic nitrogens is 2. The van der Waals surface area contributed by atoms with Gasteiger partial charge in [-0.3, -0.25) is 9.78 Å². The second-order valence-electron chi connectivity index (χ2n) is 6.55. The molecule has 0 aliphatic rings. The van der Waals surface area contributed by atoms with Gasteiger partial charge in [0.05, 0.1) is 18.3 Å². The van der Waals surface area contributed by atoms with Crippen molar-refractivity contribution in [1.82, 2.24) is 9.55 Å². The van der Waals surface area contributed by atoms with Gasteiger partial charge in [0.25, 0.3) is 0 Å². The van der Waals surface area contributed by atoms with Crippen molar-refractivity contribution < 1.29 is 14.6 Å². The molecule has 1 atom stereocenters. The summed E-state index contributed by atoms with van der Waals surface area (Å²) in [7, 11) is 0. The van der Waals surface area contributed by atoms with Crippen LogP contribution >= 0.6 is 0 Å². The largest absolute Gasteiger partial charge is 0.491 e. The molecule has 0 saturated heterocycles. The molecule has 0 saturated carbocycles. The Balaban J connectivity index is 1.66. The normalized spacial score (nSPS) is 12.4. The van der Waals surface area contributed by atoms with Crippen LogP contribution in [-0.2, 0) is 6.54 Å². The predicted molar refractivity (Wildman–Crippen MR) is 105 cm³/mol. The number of nitrogens with zero attached hydrogens (tertiary/aromatic N) is 2. The van der Waals surface area contributed by atoms with Crippen LogP contribution in [0.2, 0.25) is 0 Å². The molecule has 0 radical (unpaired) electrons. The molecule has 2 heterocycles. The van der Waals surface area contributed by atoms with E-state index in [1.165, 1.54) is 6.92 Å². The fraction of sp³-hybridized carbons (Fsp3) is 0.182. The minimum Gasteiger partial charge on any atom is -0.491 e. The molecule has 1 unspecified atom stereocenters. The zero-order chi connectivity index (χ0) is 18.8. The van der Waals surface area contributed by atoms with Crippen molar-refractivity contribution in [2.24, 2.45) is 0 Å². The third-order valence-corrected chi connectivity index (χ3v) is 4.60. The van der Waals surface area contributed by atoms with Crippen molar-refractivity contribution in [3.63, 3.8) is 0 Å². The van der Waals surface area contributed by atoms with Gasteiger partial charge in [-0.1, -0.05) is 36.4 Å². The monoisotopic (exact) mass is 360 g/mol. The minimum atomic E-state index is -0.684. The lowest BCUT2D eigenvalue weighted by Gasteiger charge is -2.15. The smallest absolute Gasteiger partial charge is 0.178 e. The van der Waals surface area contributed by atoms with Crippen LogP contribution in [0.3, 0.4) is 0 Å². The number of Topliss-reactive ketones (excluding diaryl/α,β-unsaturated/α-hetero) is 1. The molecule has 0 amide bonds. The zero-order valence-corrected chi connectivity index (χ0v) is 15.0. The number of ketones is 1. The fourth-order valence-electron chi connectivity index (χ4n) is 3.31. The summed E-state index contributed by atoms with van der Waals surface area (Å²) < 4.78 is 7.70. The molecule has 0 fully saturated rings. The summed E-state index contributed by atoms with van der Waals surface area (Å²) in [6.07, 6.45) is 1.02. The van der Waals surface area contributed by atoms with E-state index < -0.39 is 6.10 Å². The Bertz CT molecular complexity index is 1100. The molecule has 4 aromatic rings. The lowest BCUT2D eigenvalue weighted by Crippen LogP contribution is -2.23. The number of benzene rings is 2. The number of carbonyl (C=O) groups is 1. The third kappa shape index (κ3) is 3.41. The summed E-state index contributed by atoms with van der Waals surface area (Å²) in [5, 5.41) is 12.5. The van der Waals surface area contributed by atoms with E-state index in [1.54, 1.807) is 6.20 Å². The summed E-state index contributed by atoms with van der Waals surface area (Å²) in [4.78, 5) is 16.0. The van der Waals surface area contributed by atoms with Crippen LogP contribution in [0.1, 0.15) is 17.4 Å². The maximum atomic E-state index is 11.7. The Morgan fingerprint density at radius 1 is 1.07 bits per heavy atom. The van der Waals surface area contributed by atoms with Gasteiger partial charge in [0.2, 0.25) is 0 Å². The van der Waals surface area contributed by atoms with E-state index in [-0.39, 0.29) is 12.4 Å². The second-order valence-corrected chi connectivity index (χ2v) is 6.55. The Morgan fingerprint density at radius 2 is 1.81 bits per heavy atom. The molecule has 2 aromatic carbocycles. The highest BCUT2D eigenvalue weighted by Gasteiger charge is 2.16. The van der Waals surface area contributed by atoms with Crippen molar-refractivity contribution >= 4 is 27.6 Å². The molecule has 4 rings (SSSR count). The zero-order valence-electron chi connectivity index (χ0n) is 15.0. The van der Waals surface area contributed by atoms with Crippen LogP contribution in [-0.4, -0.2) is 33.2 Å². The third-order valence-electron chi connectivity index (χ3n) is 4.60. The summed E-state index contributed by atoms with van der Waals surface area (Å²) in [5.74, 6) is 0.663. The molecule has 0 aliphatic heterocycles. The maximum absolute atomic E-state index is 11.7. The standard InChI is InChI=1S/C22H20N2O3/c1-15(25)20-11-19-18-9-5-6-10-21(18)24(22(19)12-23-20)13-16(26)14-27-17-7-3-2-4-8-17/h2-12,16,26H,13-14H2,1H3. The SMILES string of the molecule is CC(=O)c1cc2c3ccccc3n(CC(O)COc3ccccc3)c2cn1. The van der Waals surface area contributed by atoms with Gasteiger partial charge in [0.15, 0.2) is 5.78 Å². The lowest BCUT2D eigenvalue weighted by atomic mass is 10.1. The summed E-state index contributed by atoms with van der Waals surface area (Å²) >= 11 is 0. The Morgan fingerprint density at radius 3 is 2.59 bits per heavy atom. The highest BCUT2D eigenvalue weighted by molar-refractivity contribution is 6.09. The van der Waals surface area contributed by atoms with E-state index in [9.17, 15) is 9.90 Å². The van der Waals surface area contributed by atoms with Gasteiger partial charge >= 0.3 is 0 Å². The topological polar surface area (TPSA) is 64.4 Å². The van der Waals surface area contributed by atoms with Crippen LogP contribution in [0, 0.1) is 0 Å². The highest BCUT2D eigenvalue weighted by Crippen LogP contribution is 2.29. The van der Waals surface area contributed by atoms with E-state index in [1.807, 2.05) is 65.2 Å². The molecule has 5 heteroatoms. The van der Waals surface area contributed by atoms with Gasteiger partial charge in [-0.25, -0.2) is 0 Å². The second kappa shape index (κ2) is 7.21. The van der Waals surface area contributed by atoms with Crippen molar-refractivity contribution in [2.45, 2.75) is 19.6 Å². The van der Waals surface area contributed by atoms with Gasteiger partial charge in [-0.15, -0.1) is 0 Å². The average Bonchev–Trinajstić information content (AvgIpc) is 3.00. The van der Waals surface area contributed by atoms with Gasteiger partial charge < -0.3 is 14.4 Å². The van der Waals surface area contributed by atoms with E-state index in [0.717, 1.165) is 27.6 Å². The minimum absolute atomic E-state index is 0.0648. The molecule has 5 nitrogen and oxygen atoms in total. The number of aliphatic hydroxyl groups is 1. The van der Waals surface area contributed by atoms with Crippen molar-refractivity contribution in [3.05, 3.63) is 72.6 Å². The average molecular weight is 360 g/mol. The number of pyridine rings is 1. The Kier molecular flexibility index (Phi) is 4.60. The Hall–Kier alpha value is -3.18. The molecule has 0 aliphatic carbocycles. The van der Waals surface area contributed by atoms with Crippen molar-refractivity contribution in [2.75, 3.05) is 6.61 Å². The van der Waals surface area contributed by atoms with Gasteiger partial charge in [-0.05, 0) is 24.3 Å². The van der Waals surface area contributed by atoms with E-state index in [4.69, 9.17) is 4.74 Å². The first-order valence-corrected chi connectivity index (χ1v) is 8.87. The van der Waals surface area contributed by atoms with Crippen molar-refractivity contribution in [3.8, 4) is 5.75 Å². The van der Waals surface area contributed by atoms with E-state index in [2.05, 4.69) is 4.98 Å². The quantitative estimate of drug-likeness (QED) is 0.531. The first-order valence-electron chi connectivity index (χ1n) is 8.87. The number of hydrogen-bond donors (Lipinski definition) is 1. The first-order chi connectivity index (χ1) is 13.1. The predicted octanol–water partition coefficient (Wildman–Crippen LogP) is 3.83. The van der Waals surface area contributed by atoms with Gasteiger partial charge in [0, 0.05) is 23.2 Å². The van der Waals surface area contributed by atoms with Crippen LogP contribution in [0.4, 0.5) is 0 Å². The summed E-state index contributed by atoms with van der Waals surface area (Å²) in [5.41, 5.74) is 2.33. The molecular weight excluding hydrogens is 340 g/mol. The van der Waals surface area contributed by atoms with Gasteiger partial charge in [-0.2, -0.15) is 0 Å². The van der Waals surface area contributed by atoms with E-state index in [0.29, 0.717) is 12.2 Å². The maximum Gasteiger partial charge on any atom is 0.178 e. The number of carbonyl (C=O) groups excluding carboxylic acids is 1. The van der Waals surface area contributed by atoms with Crippen LogP contribution in [0.5, 0.6) is 5.75 Å². The van der Waals surface area contributed by atoms with Crippen molar-refractivity contribution in [1.29, 1.82) is 0 Å². The lowest BCUT2D eigenvalue weighted by molar-refractivity contribution is 0.0944. The van der Waals surface area contributed by atoms with Gasteiger partial charge in [0.1, 0.15) is 24.2 Å².